The van der Waals surface area contributed by atoms with E-state index in [0.29, 0.717) is 0 Å². The first kappa shape index (κ1) is 9.05. The van der Waals surface area contributed by atoms with Crippen molar-refractivity contribution >= 4 is 0 Å². The van der Waals surface area contributed by atoms with Crippen LogP contribution in [0.5, 0.6) is 0 Å². The van der Waals surface area contributed by atoms with Crippen LogP contribution in [0.3, 0.4) is 0 Å². The minimum atomic E-state index is 0.883. The molecular formula is C10H21N. The molecule has 0 aromatic rings. The lowest BCUT2D eigenvalue weighted by Gasteiger charge is -2.37. The van der Waals surface area contributed by atoms with E-state index in [1.807, 2.05) is 0 Å². The molecular weight excluding hydrogens is 134 g/mol. The summed E-state index contributed by atoms with van der Waals surface area (Å²) in [5.74, 6) is 1.85. The molecule has 0 radical (unpaired) electrons. The van der Waals surface area contributed by atoms with Gasteiger partial charge in [0.1, 0.15) is 0 Å². The van der Waals surface area contributed by atoms with Gasteiger partial charge < -0.3 is 4.90 Å². The van der Waals surface area contributed by atoms with Crippen molar-refractivity contribution in [2.24, 2.45) is 11.8 Å². The molecule has 0 atom stereocenters. The van der Waals surface area contributed by atoms with E-state index in [4.69, 9.17) is 0 Å². The first-order valence-corrected chi connectivity index (χ1v) is 4.91. The predicted octanol–water partition coefficient (Wildman–Crippen LogP) is 2.37. The van der Waals surface area contributed by atoms with E-state index in [0.717, 1.165) is 11.8 Å². The van der Waals surface area contributed by atoms with E-state index >= 15 is 0 Å². The molecule has 1 rings (SSSR count). The highest BCUT2D eigenvalue weighted by molar-refractivity contribution is 4.75. The van der Waals surface area contributed by atoms with E-state index in [9.17, 15) is 0 Å². The molecule has 0 spiro atoms. The minimum Gasteiger partial charge on any atom is -0.303 e. The highest BCUT2D eigenvalue weighted by Crippen LogP contribution is 2.15. The topological polar surface area (TPSA) is 3.24 Å². The van der Waals surface area contributed by atoms with Crippen molar-refractivity contribution in [3.05, 3.63) is 0 Å². The Bertz CT molecular complexity index is 103. The summed E-state index contributed by atoms with van der Waals surface area (Å²) >= 11 is 0. The second-order valence-electron chi connectivity index (χ2n) is 4.40. The van der Waals surface area contributed by atoms with Crippen molar-refractivity contribution < 1.29 is 0 Å². The third-order valence-corrected chi connectivity index (χ3v) is 2.40. The molecule has 0 aromatic carbocycles. The third kappa shape index (κ3) is 3.24. The second kappa shape index (κ2) is 4.10. The molecule has 0 N–H and O–H groups in total. The van der Waals surface area contributed by atoms with Crippen LogP contribution in [-0.2, 0) is 0 Å². The standard InChI is InChI=1S/C10H21N/c1-9(2)5-4-6-11-7-10(3)8-11/h9-10H,4-8H2,1-3H3. The molecule has 11 heavy (non-hydrogen) atoms. The van der Waals surface area contributed by atoms with Crippen LogP contribution in [0.4, 0.5) is 0 Å². The molecule has 0 saturated carbocycles. The molecule has 1 heterocycles. The fourth-order valence-electron chi connectivity index (χ4n) is 1.73. The van der Waals surface area contributed by atoms with Crippen LogP contribution in [0.1, 0.15) is 33.6 Å². The van der Waals surface area contributed by atoms with Gasteiger partial charge in [-0.15, -0.1) is 0 Å². The van der Waals surface area contributed by atoms with Gasteiger partial charge in [-0.05, 0) is 31.2 Å². The van der Waals surface area contributed by atoms with Crippen LogP contribution in [0.2, 0.25) is 0 Å². The summed E-state index contributed by atoms with van der Waals surface area (Å²) in [5.41, 5.74) is 0. The summed E-state index contributed by atoms with van der Waals surface area (Å²) in [6.45, 7) is 11.0. The lowest BCUT2D eigenvalue weighted by atomic mass is 10.0. The Labute approximate surface area is 70.8 Å². The maximum absolute atomic E-state index is 2.56. The minimum absolute atomic E-state index is 0.883. The molecule has 1 saturated heterocycles. The number of hydrogen-bond acceptors (Lipinski definition) is 1. The fraction of sp³-hybridized carbons (Fsp3) is 1.00. The van der Waals surface area contributed by atoms with Crippen LogP contribution in [0.15, 0.2) is 0 Å². The maximum atomic E-state index is 2.56. The van der Waals surface area contributed by atoms with Gasteiger partial charge in [0.25, 0.3) is 0 Å². The van der Waals surface area contributed by atoms with Crippen LogP contribution in [-0.4, -0.2) is 24.5 Å². The molecule has 0 unspecified atom stereocenters. The van der Waals surface area contributed by atoms with Crippen molar-refractivity contribution in [3.63, 3.8) is 0 Å². The number of hydrogen-bond donors (Lipinski definition) is 0. The van der Waals surface area contributed by atoms with Gasteiger partial charge in [-0.2, -0.15) is 0 Å². The first-order chi connectivity index (χ1) is 5.18. The highest BCUT2D eigenvalue weighted by atomic mass is 15.2. The van der Waals surface area contributed by atoms with Gasteiger partial charge >= 0.3 is 0 Å². The normalized spacial score (nSPS) is 20.7. The number of rotatable bonds is 4. The molecule has 0 aromatic heterocycles. The van der Waals surface area contributed by atoms with Gasteiger partial charge in [0.15, 0.2) is 0 Å². The lowest BCUT2D eigenvalue weighted by Crippen LogP contribution is -2.45. The molecule has 0 amide bonds. The third-order valence-electron chi connectivity index (χ3n) is 2.40. The van der Waals surface area contributed by atoms with Gasteiger partial charge in [0, 0.05) is 13.1 Å². The Morgan fingerprint density at radius 2 is 2.00 bits per heavy atom. The molecule has 1 aliphatic heterocycles. The van der Waals surface area contributed by atoms with Gasteiger partial charge in [0.2, 0.25) is 0 Å². The number of likely N-dealkylation sites (tertiary alicyclic amines) is 1. The molecule has 1 nitrogen and oxygen atoms in total. The van der Waals surface area contributed by atoms with Gasteiger partial charge in [-0.1, -0.05) is 20.8 Å². The Kier molecular flexibility index (Phi) is 3.38. The Hall–Kier alpha value is -0.0400. The zero-order chi connectivity index (χ0) is 8.27. The van der Waals surface area contributed by atoms with Gasteiger partial charge in [-0.25, -0.2) is 0 Å². The van der Waals surface area contributed by atoms with Crippen LogP contribution >= 0.6 is 0 Å². The second-order valence-corrected chi connectivity index (χ2v) is 4.40. The molecule has 1 aliphatic rings. The summed E-state index contributed by atoms with van der Waals surface area (Å²) in [7, 11) is 0. The summed E-state index contributed by atoms with van der Waals surface area (Å²) in [6.07, 6.45) is 2.79. The van der Waals surface area contributed by atoms with Crippen molar-refractivity contribution in [1.82, 2.24) is 4.90 Å². The first-order valence-electron chi connectivity index (χ1n) is 4.91. The van der Waals surface area contributed by atoms with Crippen molar-refractivity contribution in [3.8, 4) is 0 Å². The molecule has 1 heteroatoms. The summed E-state index contributed by atoms with van der Waals surface area (Å²) in [5, 5.41) is 0. The molecule has 66 valence electrons. The average Bonchev–Trinajstić information content (AvgIpc) is 1.83. The van der Waals surface area contributed by atoms with Crippen LogP contribution < -0.4 is 0 Å². The Morgan fingerprint density at radius 3 is 2.45 bits per heavy atom. The van der Waals surface area contributed by atoms with Crippen molar-refractivity contribution in [1.29, 1.82) is 0 Å². The average molecular weight is 155 g/mol. The lowest BCUT2D eigenvalue weighted by molar-refractivity contribution is 0.110. The van der Waals surface area contributed by atoms with E-state index in [1.54, 1.807) is 0 Å². The summed E-state index contributed by atoms with van der Waals surface area (Å²) in [4.78, 5) is 2.56. The smallest absolute Gasteiger partial charge is 0.00194 e. The monoisotopic (exact) mass is 155 g/mol. The van der Waals surface area contributed by atoms with Crippen molar-refractivity contribution in [2.45, 2.75) is 33.6 Å². The molecule has 0 bridgehead atoms. The quantitative estimate of drug-likeness (QED) is 0.602. The Morgan fingerprint density at radius 1 is 1.36 bits per heavy atom. The molecule has 0 aliphatic carbocycles. The maximum Gasteiger partial charge on any atom is 0.00194 e. The SMILES string of the molecule is CC(C)CCCN1CC(C)C1. The van der Waals surface area contributed by atoms with Crippen molar-refractivity contribution in [2.75, 3.05) is 19.6 Å². The van der Waals surface area contributed by atoms with E-state index in [1.165, 1.54) is 32.5 Å². The fourth-order valence-corrected chi connectivity index (χ4v) is 1.73. The zero-order valence-electron chi connectivity index (χ0n) is 8.14. The number of nitrogens with zero attached hydrogens (tertiary/aromatic N) is 1. The van der Waals surface area contributed by atoms with E-state index in [-0.39, 0.29) is 0 Å². The zero-order valence-corrected chi connectivity index (χ0v) is 8.14. The predicted molar refractivity (Wildman–Crippen MR) is 49.7 cm³/mol. The summed E-state index contributed by atoms with van der Waals surface area (Å²) < 4.78 is 0. The van der Waals surface area contributed by atoms with Crippen LogP contribution in [0.25, 0.3) is 0 Å². The van der Waals surface area contributed by atoms with Crippen LogP contribution in [0, 0.1) is 11.8 Å². The van der Waals surface area contributed by atoms with Gasteiger partial charge in [-0.3, -0.25) is 0 Å². The summed E-state index contributed by atoms with van der Waals surface area (Å²) in [6, 6.07) is 0. The molecule has 1 fully saturated rings. The Balaban J connectivity index is 1.89. The van der Waals surface area contributed by atoms with E-state index < -0.39 is 0 Å². The van der Waals surface area contributed by atoms with E-state index in [2.05, 4.69) is 25.7 Å². The largest absolute Gasteiger partial charge is 0.303 e. The highest BCUT2D eigenvalue weighted by Gasteiger charge is 2.20. The van der Waals surface area contributed by atoms with Gasteiger partial charge in [0.05, 0.1) is 0 Å².